The third-order valence-corrected chi connectivity index (χ3v) is 13.5. The lowest BCUT2D eigenvalue weighted by molar-refractivity contribution is -0.302. The first-order valence-corrected chi connectivity index (χ1v) is 28.1. The predicted molar refractivity (Wildman–Crippen MR) is 272 cm³/mol. The van der Waals surface area contributed by atoms with E-state index in [0.29, 0.717) is 6.42 Å². The number of nitrogens with one attached hydrogen (secondary N) is 1. The zero-order valence-electron chi connectivity index (χ0n) is 42.5. The Kier molecular flexibility index (Phi) is 44.0. The van der Waals surface area contributed by atoms with Crippen molar-refractivity contribution in [2.75, 3.05) is 13.2 Å². The Hall–Kier alpha value is -1.33. The summed E-state index contributed by atoms with van der Waals surface area (Å²) in [6, 6.07) is -0.805. The molecule has 0 aromatic rings. The maximum Gasteiger partial charge on any atom is 0.220 e. The Balaban J connectivity index is 2.25. The maximum atomic E-state index is 13.0. The van der Waals surface area contributed by atoms with Gasteiger partial charge in [-0.2, -0.15) is 0 Å². The van der Waals surface area contributed by atoms with Crippen LogP contribution in [-0.4, -0.2) is 87.5 Å². The van der Waals surface area contributed by atoms with Gasteiger partial charge in [0.05, 0.1) is 25.4 Å². The van der Waals surface area contributed by atoms with Crippen LogP contribution in [0.5, 0.6) is 0 Å². The van der Waals surface area contributed by atoms with Crippen molar-refractivity contribution in [3.05, 3.63) is 24.3 Å². The van der Waals surface area contributed by atoms with Crippen molar-refractivity contribution in [2.24, 2.45) is 0 Å². The smallest absolute Gasteiger partial charge is 0.220 e. The lowest BCUT2D eigenvalue weighted by atomic mass is 9.99. The van der Waals surface area contributed by atoms with Gasteiger partial charge in [0.25, 0.3) is 0 Å². The lowest BCUT2D eigenvalue weighted by Gasteiger charge is -2.40. The molecule has 1 aliphatic heterocycles. The van der Waals surface area contributed by atoms with Crippen LogP contribution in [0.1, 0.15) is 271 Å². The highest BCUT2D eigenvalue weighted by Gasteiger charge is 2.44. The van der Waals surface area contributed by atoms with Gasteiger partial charge in [0.15, 0.2) is 6.29 Å². The average Bonchev–Trinajstić information content (AvgIpc) is 3.31. The summed E-state index contributed by atoms with van der Waals surface area (Å²) in [5.74, 6) is -0.178. The molecule has 1 aliphatic rings. The average molecular weight is 922 g/mol. The number of allylic oxidation sites excluding steroid dienone is 3. The molecule has 1 amide bonds. The van der Waals surface area contributed by atoms with Crippen LogP contribution in [0.4, 0.5) is 0 Å². The van der Waals surface area contributed by atoms with Gasteiger partial charge in [0, 0.05) is 6.42 Å². The highest BCUT2D eigenvalue weighted by Crippen LogP contribution is 2.23. The molecule has 1 heterocycles. The maximum absolute atomic E-state index is 13.0. The number of hydrogen-bond donors (Lipinski definition) is 6. The van der Waals surface area contributed by atoms with E-state index in [1.807, 2.05) is 6.08 Å². The normalized spacial score (nSPS) is 20.0. The highest BCUT2D eigenvalue weighted by molar-refractivity contribution is 5.76. The fraction of sp³-hybridized carbons (Fsp3) is 0.911. The minimum atomic E-state index is -1.57. The van der Waals surface area contributed by atoms with Crippen molar-refractivity contribution in [3.8, 4) is 0 Å². The summed E-state index contributed by atoms with van der Waals surface area (Å²) >= 11 is 0. The van der Waals surface area contributed by atoms with E-state index in [9.17, 15) is 30.3 Å². The second-order valence-electron chi connectivity index (χ2n) is 19.7. The van der Waals surface area contributed by atoms with E-state index in [4.69, 9.17) is 9.47 Å². The van der Waals surface area contributed by atoms with Gasteiger partial charge in [0.2, 0.25) is 5.91 Å². The Morgan fingerprint density at radius 2 is 0.862 bits per heavy atom. The minimum Gasteiger partial charge on any atom is -0.394 e. The summed E-state index contributed by atoms with van der Waals surface area (Å²) in [5.41, 5.74) is 0. The van der Waals surface area contributed by atoms with E-state index < -0.39 is 49.5 Å². The number of ether oxygens (including phenoxy) is 2. The summed E-state index contributed by atoms with van der Waals surface area (Å²) < 4.78 is 11.3. The topological polar surface area (TPSA) is 149 Å². The molecule has 384 valence electrons. The number of aliphatic hydroxyl groups is 5. The summed E-state index contributed by atoms with van der Waals surface area (Å²) in [4.78, 5) is 13.0. The summed E-state index contributed by atoms with van der Waals surface area (Å²) in [7, 11) is 0. The predicted octanol–water partition coefficient (Wildman–Crippen LogP) is 13.4. The molecule has 6 N–H and O–H groups in total. The van der Waals surface area contributed by atoms with Crippen molar-refractivity contribution in [2.45, 2.75) is 314 Å². The van der Waals surface area contributed by atoms with Gasteiger partial charge in [-0.3, -0.25) is 4.79 Å². The molecular weight excluding hydrogens is 815 g/mol. The van der Waals surface area contributed by atoms with Crippen LogP contribution in [0.2, 0.25) is 0 Å². The largest absolute Gasteiger partial charge is 0.394 e. The van der Waals surface area contributed by atoms with Crippen LogP contribution in [0.3, 0.4) is 0 Å². The highest BCUT2D eigenvalue weighted by atomic mass is 16.7. The van der Waals surface area contributed by atoms with E-state index >= 15 is 0 Å². The van der Waals surface area contributed by atoms with Crippen LogP contribution in [0.25, 0.3) is 0 Å². The quantitative estimate of drug-likeness (QED) is 0.0261. The third kappa shape index (κ3) is 36.3. The molecular formula is C56H107NO8. The standard InChI is InChI=1S/C56H107NO8/c1-3-5-7-9-11-13-15-17-19-21-23-25-27-29-31-33-35-37-39-41-43-45-50(59)49(48-64-56-55(63)54(62)53(61)51(47-58)65-56)57-52(60)46-44-42-40-38-36-34-32-30-28-26-24-22-20-18-16-14-12-10-8-6-4-2/h26,28,43,45,49-51,53-56,58-59,61-63H,3-25,27,29-42,44,46-48H2,1-2H3,(H,57,60)/b28-26-,45-43+. The Morgan fingerprint density at radius 3 is 1.25 bits per heavy atom. The zero-order chi connectivity index (χ0) is 47.3. The number of hydrogen-bond acceptors (Lipinski definition) is 8. The number of carbonyl (C=O) groups excluding carboxylic acids is 1. The van der Waals surface area contributed by atoms with Crippen molar-refractivity contribution in [3.63, 3.8) is 0 Å². The first-order chi connectivity index (χ1) is 31.8. The van der Waals surface area contributed by atoms with E-state index in [-0.39, 0.29) is 12.5 Å². The molecule has 0 saturated carbocycles. The Bertz CT molecular complexity index is 1070. The summed E-state index contributed by atoms with van der Waals surface area (Å²) in [6.45, 7) is 3.81. The first kappa shape index (κ1) is 61.7. The number of carbonyl (C=O) groups is 1. The van der Waals surface area contributed by atoms with Crippen LogP contribution < -0.4 is 5.32 Å². The van der Waals surface area contributed by atoms with Crippen LogP contribution >= 0.6 is 0 Å². The lowest BCUT2D eigenvalue weighted by Crippen LogP contribution is -2.60. The number of unbranched alkanes of at least 4 members (excludes halogenated alkanes) is 36. The van der Waals surface area contributed by atoms with Crippen molar-refractivity contribution in [1.29, 1.82) is 0 Å². The molecule has 0 aromatic carbocycles. The number of aliphatic hydroxyl groups excluding tert-OH is 5. The van der Waals surface area contributed by atoms with E-state index in [2.05, 4.69) is 31.3 Å². The van der Waals surface area contributed by atoms with Gasteiger partial charge in [-0.15, -0.1) is 0 Å². The molecule has 65 heavy (non-hydrogen) atoms. The van der Waals surface area contributed by atoms with E-state index in [0.717, 1.165) is 38.5 Å². The summed E-state index contributed by atoms with van der Waals surface area (Å²) in [6.07, 6.45) is 50.9. The molecule has 0 bridgehead atoms. The molecule has 1 fully saturated rings. The van der Waals surface area contributed by atoms with Crippen LogP contribution in [0, 0.1) is 0 Å². The van der Waals surface area contributed by atoms with Crippen LogP contribution in [0.15, 0.2) is 24.3 Å². The molecule has 0 radical (unpaired) electrons. The Labute approximate surface area is 400 Å². The first-order valence-electron chi connectivity index (χ1n) is 28.1. The fourth-order valence-corrected chi connectivity index (χ4v) is 9.04. The second kappa shape index (κ2) is 46.4. The summed E-state index contributed by atoms with van der Waals surface area (Å²) in [5, 5.41) is 54.5. The third-order valence-electron chi connectivity index (χ3n) is 13.5. The van der Waals surface area contributed by atoms with Crippen molar-refractivity contribution in [1.82, 2.24) is 5.32 Å². The molecule has 0 aliphatic carbocycles. The SMILES string of the molecule is CCCCCCCCCCCC/C=C\CCCCCCCCCC(=O)NC(COC1OC(CO)C(O)C(O)C1O)C(O)/C=C/CCCCCCCCCCCCCCCCCCCCC. The minimum absolute atomic E-state index is 0.178. The van der Waals surface area contributed by atoms with Crippen LogP contribution in [-0.2, 0) is 14.3 Å². The molecule has 7 unspecified atom stereocenters. The number of rotatable bonds is 48. The molecule has 9 heteroatoms. The van der Waals surface area contributed by atoms with E-state index in [1.165, 1.54) is 212 Å². The van der Waals surface area contributed by atoms with Gasteiger partial charge < -0.3 is 40.3 Å². The number of amides is 1. The van der Waals surface area contributed by atoms with E-state index in [1.54, 1.807) is 6.08 Å². The molecule has 1 rings (SSSR count). The molecule has 0 spiro atoms. The van der Waals surface area contributed by atoms with Gasteiger partial charge in [-0.05, 0) is 44.9 Å². The van der Waals surface area contributed by atoms with Gasteiger partial charge in [-0.1, -0.05) is 244 Å². The molecule has 7 atom stereocenters. The zero-order valence-corrected chi connectivity index (χ0v) is 42.5. The van der Waals surface area contributed by atoms with Crippen molar-refractivity contribution < 1.29 is 39.8 Å². The second-order valence-corrected chi connectivity index (χ2v) is 19.7. The fourth-order valence-electron chi connectivity index (χ4n) is 9.04. The Morgan fingerprint density at radius 1 is 0.508 bits per heavy atom. The monoisotopic (exact) mass is 922 g/mol. The van der Waals surface area contributed by atoms with Gasteiger partial charge >= 0.3 is 0 Å². The van der Waals surface area contributed by atoms with Crippen molar-refractivity contribution >= 4 is 5.91 Å². The molecule has 9 nitrogen and oxygen atoms in total. The molecule has 1 saturated heterocycles. The molecule has 0 aromatic heterocycles. The van der Waals surface area contributed by atoms with Gasteiger partial charge in [0.1, 0.15) is 24.4 Å². The van der Waals surface area contributed by atoms with Gasteiger partial charge in [-0.25, -0.2) is 0 Å².